The molecule has 0 radical (unpaired) electrons. The minimum Gasteiger partial charge on any atom is -0.462 e. The summed E-state index contributed by atoms with van der Waals surface area (Å²) in [5.74, 6) is 0.362. The van der Waals surface area contributed by atoms with Crippen LogP contribution in [0.1, 0.15) is 16.7 Å². The van der Waals surface area contributed by atoms with E-state index in [1.807, 2.05) is 6.07 Å². The van der Waals surface area contributed by atoms with E-state index in [-0.39, 0.29) is 13.2 Å². The topological polar surface area (TPSA) is 67.5 Å². The fourth-order valence-electron chi connectivity index (χ4n) is 1.82. The molecular weight excluding hydrogens is 335 g/mol. The number of benzene rings is 1. The molecule has 0 amide bonds. The Balaban J connectivity index is 1.75. The summed E-state index contributed by atoms with van der Waals surface area (Å²) in [4.78, 5) is 9.07. The Kier molecular flexibility index (Phi) is 6.34. The van der Waals surface area contributed by atoms with Gasteiger partial charge in [-0.15, -0.1) is 0 Å². The van der Waals surface area contributed by atoms with E-state index in [0.717, 1.165) is 17.7 Å². The highest BCUT2D eigenvalue weighted by Crippen LogP contribution is 2.29. The maximum Gasteiger partial charge on any atom is 0.416 e. The second-order valence-corrected chi connectivity index (χ2v) is 4.91. The molecule has 0 fully saturated rings. The zero-order chi connectivity index (χ0) is 18.1. The minimum atomic E-state index is -4.35. The molecule has 130 valence electrons. The molecule has 25 heavy (non-hydrogen) atoms. The van der Waals surface area contributed by atoms with E-state index in [1.165, 1.54) is 18.3 Å². The second kappa shape index (κ2) is 8.68. The van der Waals surface area contributed by atoms with Crippen molar-refractivity contribution in [2.24, 2.45) is 5.16 Å². The van der Waals surface area contributed by atoms with E-state index in [1.54, 1.807) is 18.3 Å². The lowest BCUT2D eigenvalue weighted by Gasteiger charge is -2.07. The molecule has 0 aliphatic carbocycles. The van der Waals surface area contributed by atoms with E-state index in [4.69, 9.17) is 14.8 Å². The Morgan fingerprint density at radius 3 is 2.44 bits per heavy atom. The van der Waals surface area contributed by atoms with Gasteiger partial charge < -0.3 is 9.57 Å². The van der Waals surface area contributed by atoms with Crippen molar-refractivity contribution in [2.75, 3.05) is 6.61 Å². The molecule has 0 aliphatic heterocycles. The first-order valence-electron chi connectivity index (χ1n) is 7.23. The molecule has 0 N–H and O–H groups in total. The SMILES string of the molecule is N#CCOc1ccc(CC=NOCc2ccc(C(F)(F)F)cc2)cn1. The van der Waals surface area contributed by atoms with Gasteiger partial charge in [-0.2, -0.15) is 18.4 Å². The molecule has 0 spiro atoms. The lowest BCUT2D eigenvalue weighted by atomic mass is 10.1. The van der Waals surface area contributed by atoms with Gasteiger partial charge in [0.05, 0.1) is 5.56 Å². The number of aromatic nitrogens is 1. The first-order valence-corrected chi connectivity index (χ1v) is 7.23. The molecule has 1 aromatic carbocycles. The minimum absolute atomic E-state index is 0.0639. The Bertz CT molecular complexity index is 736. The lowest BCUT2D eigenvalue weighted by Crippen LogP contribution is -2.04. The maximum atomic E-state index is 12.4. The van der Waals surface area contributed by atoms with Crippen LogP contribution in [0.5, 0.6) is 5.88 Å². The van der Waals surface area contributed by atoms with Crippen LogP contribution in [0.2, 0.25) is 0 Å². The number of nitriles is 1. The Morgan fingerprint density at radius 2 is 1.84 bits per heavy atom. The summed E-state index contributed by atoms with van der Waals surface area (Å²) in [6, 6.07) is 9.98. The van der Waals surface area contributed by atoms with Crippen molar-refractivity contribution in [3.63, 3.8) is 0 Å². The predicted octanol–water partition coefficient (Wildman–Crippen LogP) is 3.75. The molecule has 0 saturated heterocycles. The maximum absolute atomic E-state index is 12.4. The number of pyridine rings is 1. The number of alkyl halides is 3. The number of halogens is 3. The van der Waals surface area contributed by atoms with E-state index in [9.17, 15) is 13.2 Å². The zero-order valence-corrected chi connectivity index (χ0v) is 13.0. The van der Waals surface area contributed by atoms with Crippen LogP contribution in [0.4, 0.5) is 13.2 Å². The van der Waals surface area contributed by atoms with Crippen LogP contribution in [0.25, 0.3) is 0 Å². The van der Waals surface area contributed by atoms with Crippen LogP contribution in [-0.4, -0.2) is 17.8 Å². The van der Waals surface area contributed by atoms with Crippen LogP contribution < -0.4 is 4.74 Å². The van der Waals surface area contributed by atoms with Crippen molar-refractivity contribution >= 4 is 6.21 Å². The molecule has 5 nitrogen and oxygen atoms in total. The Morgan fingerprint density at radius 1 is 1.12 bits per heavy atom. The van der Waals surface area contributed by atoms with E-state index < -0.39 is 11.7 Å². The van der Waals surface area contributed by atoms with Gasteiger partial charge >= 0.3 is 6.18 Å². The number of hydrogen-bond acceptors (Lipinski definition) is 5. The molecule has 0 bridgehead atoms. The van der Waals surface area contributed by atoms with Crippen LogP contribution in [0.15, 0.2) is 47.8 Å². The van der Waals surface area contributed by atoms with Gasteiger partial charge in [-0.05, 0) is 23.3 Å². The molecule has 0 unspecified atom stereocenters. The highest BCUT2D eigenvalue weighted by atomic mass is 19.4. The van der Waals surface area contributed by atoms with Gasteiger partial charge in [0.1, 0.15) is 12.7 Å². The Labute approximate surface area is 142 Å². The van der Waals surface area contributed by atoms with Crippen molar-refractivity contribution in [2.45, 2.75) is 19.2 Å². The number of nitrogens with zero attached hydrogens (tertiary/aromatic N) is 3. The van der Waals surface area contributed by atoms with Crippen molar-refractivity contribution in [1.29, 1.82) is 5.26 Å². The highest BCUT2D eigenvalue weighted by molar-refractivity contribution is 5.60. The van der Waals surface area contributed by atoms with E-state index >= 15 is 0 Å². The van der Waals surface area contributed by atoms with Crippen molar-refractivity contribution in [3.8, 4) is 11.9 Å². The van der Waals surface area contributed by atoms with Crippen molar-refractivity contribution < 1.29 is 22.7 Å². The summed E-state index contributed by atoms with van der Waals surface area (Å²) in [5.41, 5.74) is 0.756. The zero-order valence-electron chi connectivity index (χ0n) is 13.0. The fourth-order valence-corrected chi connectivity index (χ4v) is 1.82. The standard InChI is InChI=1S/C17H14F3N3O2/c18-17(19,20)15-4-1-14(2-5-15)12-25-23-9-7-13-3-6-16(22-11-13)24-10-8-21/h1-6,9,11H,7,10,12H2. The van der Waals surface area contributed by atoms with Gasteiger partial charge in [0.15, 0.2) is 6.61 Å². The Hall–Kier alpha value is -3.08. The first kappa shape index (κ1) is 18.3. The summed E-state index contributed by atoms with van der Waals surface area (Å²) in [6.07, 6.45) is -0.759. The first-order chi connectivity index (χ1) is 12.0. The van der Waals surface area contributed by atoms with Gasteiger partial charge in [0.2, 0.25) is 5.88 Å². The quantitative estimate of drug-likeness (QED) is 0.564. The summed E-state index contributed by atoms with van der Waals surface area (Å²) in [6.45, 7) is 0.0133. The highest BCUT2D eigenvalue weighted by Gasteiger charge is 2.29. The third-order valence-electron chi connectivity index (χ3n) is 3.07. The number of rotatable bonds is 7. The van der Waals surface area contributed by atoms with Gasteiger partial charge in [-0.25, -0.2) is 4.98 Å². The summed E-state index contributed by atoms with van der Waals surface area (Å²) >= 11 is 0. The predicted molar refractivity (Wildman–Crippen MR) is 83.8 cm³/mol. The van der Waals surface area contributed by atoms with Crippen LogP contribution >= 0.6 is 0 Å². The largest absolute Gasteiger partial charge is 0.462 e. The van der Waals surface area contributed by atoms with Crippen molar-refractivity contribution in [1.82, 2.24) is 4.98 Å². The van der Waals surface area contributed by atoms with E-state index in [2.05, 4.69) is 10.1 Å². The summed E-state index contributed by atoms with van der Waals surface area (Å²) in [5, 5.41) is 12.2. The van der Waals surface area contributed by atoms with Gasteiger partial charge in [-0.1, -0.05) is 23.4 Å². The third kappa shape index (κ3) is 6.14. The van der Waals surface area contributed by atoms with Gasteiger partial charge in [-0.3, -0.25) is 0 Å². The normalized spacial score (nSPS) is 11.3. The third-order valence-corrected chi connectivity index (χ3v) is 3.07. The smallest absolute Gasteiger partial charge is 0.416 e. The molecule has 1 heterocycles. The monoisotopic (exact) mass is 349 g/mol. The molecule has 0 saturated carbocycles. The van der Waals surface area contributed by atoms with Gasteiger partial charge in [0, 0.05) is 24.9 Å². The molecule has 2 rings (SSSR count). The number of oxime groups is 1. The number of ether oxygens (including phenoxy) is 1. The fraction of sp³-hybridized carbons (Fsp3) is 0.235. The molecule has 0 atom stereocenters. The molecule has 2 aromatic rings. The average Bonchev–Trinajstić information content (AvgIpc) is 2.60. The van der Waals surface area contributed by atoms with Crippen molar-refractivity contribution in [3.05, 3.63) is 59.3 Å². The van der Waals surface area contributed by atoms with Crippen LogP contribution in [0.3, 0.4) is 0 Å². The van der Waals surface area contributed by atoms with Crippen LogP contribution in [0, 0.1) is 11.3 Å². The molecule has 0 aliphatic rings. The molecule has 1 aromatic heterocycles. The molecule has 8 heteroatoms. The van der Waals surface area contributed by atoms with Crippen LogP contribution in [-0.2, 0) is 24.0 Å². The average molecular weight is 349 g/mol. The molecular formula is C17H14F3N3O2. The van der Waals surface area contributed by atoms with E-state index in [0.29, 0.717) is 17.9 Å². The summed E-state index contributed by atoms with van der Waals surface area (Å²) < 4.78 is 42.3. The van der Waals surface area contributed by atoms with Gasteiger partial charge in [0.25, 0.3) is 0 Å². The number of hydrogen-bond donors (Lipinski definition) is 0. The second-order valence-electron chi connectivity index (χ2n) is 4.91. The summed E-state index contributed by atoms with van der Waals surface area (Å²) in [7, 11) is 0. The lowest BCUT2D eigenvalue weighted by molar-refractivity contribution is -0.137.